The molecule has 0 radical (unpaired) electrons. The average Bonchev–Trinajstić information content (AvgIpc) is 3.39. The summed E-state index contributed by atoms with van der Waals surface area (Å²) in [4.78, 5) is 21.0. The second-order valence-electron chi connectivity index (χ2n) is 6.77. The van der Waals surface area contributed by atoms with Gasteiger partial charge in [-0.2, -0.15) is 4.98 Å². The van der Waals surface area contributed by atoms with E-state index in [-0.39, 0.29) is 9.77 Å². The van der Waals surface area contributed by atoms with Crippen molar-refractivity contribution in [1.29, 1.82) is 0 Å². The van der Waals surface area contributed by atoms with Gasteiger partial charge in [-0.3, -0.25) is 4.79 Å². The number of primary amides is 1. The summed E-state index contributed by atoms with van der Waals surface area (Å²) in [6.45, 7) is 0. The van der Waals surface area contributed by atoms with Gasteiger partial charge in [0.15, 0.2) is 0 Å². The number of sulfonamides is 1. The van der Waals surface area contributed by atoms with E-state index in [1.165, 1.54) is 24.6 Å². The topological polar surface area (TPSA) is 139 Å². The van der Waals surface area contributed by atoms with E-state index in [9.17, 15) is 13.2 Å². The van der Waals surface area contributed by atoms with E-state index in [0.717, 1.165) is 29.0 Å². The second-order valence-corrected chi connectivity index (χ2v) is 9.96. The van der Waals surface area contributed by atoms with Crippen molar-refractivity contribution in [2.75, 3.05) is 17.7 Å². The molecule has 0 saturated heterocycles. The van der Waals surface area contributed by atoms with Crippen molar-refractivity contribution in [1.82, 2.24) is 14.7 Å². The Morgan fingerprint density at radius 1 is 1.17 bits per heavy atom. The predicted molar refractivity (Wildman–Crippen MR) is 116 cm³/mol. The van der Waals surface area contributed by atoms with Crippen LogP contribution in [0.1, 0.15) is 23.2 Å². The second kappa shape index (κ2) is 8.01. The molecule has 1 amide bonds. The lowest BCUT2D eigenvalue weighted by atomic mass is 10.2. The summed E-state index contributed by atoms with van der Waals surface area (Å²) in [5.74, 6) is 0.190. The number of nitrogens with one attached hydrogen (secondary N) is 3. The number of thiophene rings is 1. The van der Waals surface area contributed by atoms with E-state index in [0.29, 0.717) is 17.8 Å². The largest absolute Gasteiger partial charge is 0.367 e. The molecule has 0 unspecified atom stereocenters. The van der Waals surface area contributed by atoms with Gasteiger partial charge in [0, 0.05) is 22.8 Å². The van der Waals surface area contributed by atoms with Crippen molar-refractivity contribution in [2.45, 2.75) is 23.1 Å². The maximum Gasteiger partial charge on any atom is 0.254 e. The number of rotatable bonds is 8. The molecule has 0 atom stereocenters. The molecule has 3 aromatic rings. The van der Waals surface area contributed by atoms with Crippen LogP contribution in [0.3, 0.4) is 0 Å². The van der Waals surface area contributed by atoms with E-state index in [4.69, 9.17) is 5.73 Å². The lowest BCUT2D eigenvalue weighted by Gasteiger charge is -2.11. The molecule has 156 valence electrons. The zero-order chi connectivity index (χ0) is 21.3. The first-order valence-electron chi connectivity index (χ1n) is 9.20. The Kier molecular flexibility index (Phi) is 5.41. The Labute approximate surface area is 177 Å². The molecule has 1 fully saturated rings. The summed E-state index contributed by atoms with van der Waals surface area (Å²) in [6.07, 6.45) is 3.48. The normalized spacial score (nSPS) is 13.8. The van der Waals surface area contributed by atoms with Crippen LogP contribution in [0.2, 0.25) is 0 Å². The fraction of sp³-hybridized carbons (Fsp3) is 0.211. The first-order chi connectivity index (χ1) is 14.4. The molecule has 2 aromatic heterocycles. The maximum absolute atomic E-state index is 11.9. The molecule has 5 N–H and O–H groups in total. The lowest BCUT2D eigenvalue weighted by molar-refractivity contribution is 0.100. The highest BCUT2D eigenvalue weighted by molar-refractivity contribution is 7.91. The number of nitrogens with zero attached hydrogens (tertiary/aromatic N) is 2. The summed E-state index contributed by atoms with van der Waals surface area (Å²) in [5, 5.41) is 6.30. The highest BCUT2D eigenvalue weighted by atomic mass is 32.2. The summed E-state index contributed by atoms with van der Waals surface area (Å²) in [7, 11) is -2.06. The molecule has 30 heavy (non-hydrogen) atoms. The van der Waals surface area contributed by atoms with Crippen molar-refractivity contribution < 1.29 is 13.2 Å². The van der Waals surface area contributed by atoms with Gasteiger partial charge in [-0.05, 0) is 49.7 Å². The van der Waals surface area contributed by atoms with E-state index in [1.54, 1.807) is 12.1 Å². The molecular formula is C19H20N6O3S2. The first kappa shape index (κ1) is 20.3. The molecule has 4 rings (SSSR count). The van der Waals surface area contributed by atoms with Crippen LogP contribution < -0.4 is 21.1 Å². The summed E-state index contributed by atoms with van der Waals surface area (Å²) < 4.78 is 26.4. The third-order valence-electron chi connectivity index (χ3n) is 4.51. The molecule has 0 bridgehead atoms. The zero-order valence-corrected chi connectivity index (χ0v) is 17.7. The van der Waals surface area contributed by atoms with Gasteiger partial charge >= 0.3 is 0 Å². The van der Waals surface area contributed by atoms with Crippen LogP contribution in [-0.2, 0) is 10.0 Å². The average molecular weight is 445 g/mol. The molecule has 11 heteroatoms. The van der Waals surface area contributed by atoms with Crippen LogP contribution in [0.4, 0.5) is 17.5 Å². The number of benzene rings is 1. The Balaban J connectivity index is 1.52. The van der Waals surface area contributed by atoms with Gasteiger partial charge in [0.25, 0.3) is 5.91 Å². The molecule has 1 aliphatic rings. The Morgan fingerprint density at radius 2 is 1.90 bits per heavy atom. The van der Waals surface area contributed by atoms with Crippen molar-refractivity contribution in [3.8, 4) is 10.4 Å². The van der Waals surface area contributed by atoms with E-state index in [1.807, 2.05) is 24.3 Å². The predicted octanol–water partition coefficient (Wildman–Crippen LogP) is 2.53. The minimum absolute atomic E-state index is 0.257. The smallest absolute Gasteiger partial charge is 0.254 e. The minimum Gasteiger partial charge on any atom is -0.367 e. The molecule has 9 nitrogen and oxygen atoms in total. The summed E-state index contributed by atoms with van der Waals surface area (Å²) in [5.41, 5.74) is 7.31. The number of carbonyl (C=O) groups excluding carboxylic acids is 1. The van der Waals surface area contributed by atoms with Crippen LogP contribution in [0.15, 0.2) is 46.8 Å². The molecule has 0 spiro atoms. The standard InChI is InChI=1S/C19H20N6O3S2/c1-21-30(27,28)16-9-8-15(29-16)11-2-4-13(5-3-11)24-19-22-10-14(17(20)26)18(25-19)23-12-6-7-12/h2-5,8-10,12,21H,6-7H2,1H3,(H2,20,26)(H2,22,23,24,25). The molecule has 1 saturated carbocycles. The van der Waals surface area contributed by atoms with Gasteiger partial charge in [0.1, 0.15) is 10.0 Å². The van der Waals surface area contributed by atoms with Gasteiger partial charge in [-0.1, -0.05) is 12.1 Å². The molecule has 2 heterocycles. The van der Waals surface area contributed by atoms with Gasteiger partial charge in [-0.15, -0.1) is 11.3 Å². The van der Waals surface area contributed by atoms with Crippen molar-refractivity contribution in [2.24, 2.45) is 5.73 Å². The number of hydrogen-bond donors (Lipinski definition) is 4. The number of hydrogen-bond acceptors (Lipinski definition) is 8. The van der Waals surface area contributed by atoms with Crippen LogP contribution in [0.5, 0.6) is 0 Å². The fourth-order valence-corrected chi connectivity index (χ4v) is 4.87. The molecule has 1 aliphatic carbocycles. The molecule has 0 aliphatic heterocycles. The van der Waals surface area contributed by atoms with Gasteiger partial charge in [0.2, 0.25) is 16.0 Å². The van der Waals surface area contributed by atoms with Gasteiger partial charge < -0.3 is 16.4 Å². The quantitative estimate of drug-likeness (QED) is 0.419. The number of carbonyl (C=O) groups is 1. The van der Waals surface area contributed by atoms with Gasteiger partial charge in [-0.25, -0.2) is 18.1 Å². The van der Waals surface area contributed by atoms with Crippen molar-refractivity contribution in [3.63, 3.8) is 0 Å². The van der Waals surface area contributed by atoms with E-state index in [2.05, 4.69) is 25.3 Å². The van der Waals surface area contributed by atoms with Crippen LogP contribution in [-0.4, -0.2) is 37.4 Å². The third-order valence-corrected chi connectivity index (χ3v) is 7.55. The highest BCUT2D eigenvalue weighted by Crippen LogP contribution is 2.32. The maximum atomic E-state index is 11.9. The van der Waals surface area contributed by atoms with E-state index >= 15 is 0 Å². The van der Waals surface area contributed by atoms with Crippen molar-refractivity contribution >= 4 is 44.7 Å². The Bertz CT molecular complexity index is 1190. The Hall–Kier alpha value is -3.02. The fourth-order valence-electron chi connectivity index (χ4n) is 2.72. The number of nitrogens with two attached hydrogens (primary N) is 1. The summed E-state index contributed by atoms with van der Waals surface area (Å²) in [6, 6.07) is 11.1. The zero-order valence-electron chi connectivity index (χ0n) is 16.0. The molecular weight excluding hydrogens is 424 g/mol. The summed E-state index contributed by atoms with van der Waals surface area (Å²) >= 11 is 1.20. The van der Waals surface area contributed by atoms with Crippen LogP contribution >= 0.6 is 11.3 Å². The Morgan fingerprint density at radius 3 is 2.53 bits per heavy atom. The van der Waals surface area contributed by atoms with Crippen molar-refractivity contribution in [3.05, 3.63) is 48.2 Å². The van der Waals surface area contributed by atoms with Crippen LogP contribution in [0.25, 0.3) is 10.4 Å². The first-order valence-corrected chi connectivity index (χ1v) is 11.5. The van der Waals surface area contributed by atoms with E-state index < -0.39 is 15.9 Å². The van der Waals surface area contributed by atoms with Crippen LogP contribution in [0, 0.1) is 0 Å². The number of amides is 1. The highest BCUT2D eigenvalue weighted by Gasteiger charge is 2.24. The SMILES string of the molecule is CNS(=O)(=O)c1ccc(-c2ccc(Nc3ncc(C(N)=O)c(NC4CC4)n3)cc2)s1. The number of anilines is 3. The molecule has 1 aromatic carbocycles. The number of aromatic nitrogens is 2. The third kappa shape index (κ3) is 4.42. The van der Waals surface area contributed by atoms with Gasteiger partial charge in [0.05, 0.1) is 5.56 Å². The minimum atomic E-state index is -3.45. The monoisotopic (exact) mass is 444 g/mol. The lowest BCUT2D eigenvalue weighted by Crippen LogP contribution is -2.17.